The third-order valence-corrected chi connectivity index (χ3v) is 18.8. The molecule has 0 spiro atoms. The van der Waals surface area contributed by atoms with E-state index in [1.807, 2.05) is 0 Å². The number of alkyl halides is 18. The quantitative estimate of drug-likeness (QED) is 0.130. The van der Waals surface area contributed by atoms with Crippen molar-refractivity contribution in [2.75, 3.05) is 4.90 Å². The first-order chi connectivity index (χ1) is 48.9. The normalized spacial score (nSPS) is 12.8. The number of hydrogen-bond donors (Lipinski definition) is 0. The lowest BCUT2D eigenvalue weighted by Crippen LogP contribution is -2.26. The van der Waals surface area contributed by atoms with Gasteiger partial charge in [-0.25, -0.2) is 0 Å². The van der Waals surface area contributed by atoms with E-state index in [1.54, 1.807) is 127 Å². The Bertz CT molecular complexity index is 5340. The van der Waals surface area contributed by atoms with Gasteiger partial charge < -0.3 is 4.90 Å². The number of nitrogens with zero attached hydrogens (tertiary/aromatic N) is 1. The third kappa shape index (κ3) is 11.9. The van der Waals surface area contributed by atoms with Crippen molar-refractivity contribution in [3.8, 4) is 66.8 Å². The van der Waals surface area contributed by atoms with Gasteiger partial charge in [-0.15, -0.1) is 0 Å². The monoisotopic (exact) mass is 1410 g/mol. The molecule has 512 valence electrons. The average Bonchev–Trinajstić information content (AvgIpc) is 0.726. The molecule has 19 heteroatoms. The molecular weight excluding hydrogens is 1360 g/mol. The number of benzene rings is 15. The summed E-state index contributed by atoms with van der Waals surface area (Å²) in [6.07, 6.45) is -36.6. The molecule has 0 N–H and O–H groups in total. The summed E-state index contributed by atoms with van der Waals surface area (Å²) < 4.78 is 299. The van der Waals surface area contributed by atoms with Gasteiger partial charge in [-0.1, -0.05) is 237 Å². The van der Waals surface area contributed by atoms with Crippen molar-refractivity contribution < 1.29 is 79.0 Å². The minimum absolute atomic E-state index is 0.139. The summed E-state index contributed by atoms with van der Waals surface area (Å²) in [6, 6.07) is 57.4. The van der Waals surface area contributed by atoms with Gasteiger partial charge in [0.1, 0.15) is 0 Å². The zero-order chi connectivity index (χ0) is 72.4. The predicted molar refractivity (Wildman–Crippen MR) is 369 cm³/mol. The molecule has 0 atom stereocenters. The molecule has 0 radical (unpaired) electrons. The number of halogens is 18. The Balaban J connectivity index is 1.05. The van der Waals surface area contributed by atoms with Crippen LogP contribution in [0.1, 0.15) is 33.4 Å². The summed E-state index contributed by atoms with van der Waals surface area (Å²) in [5.74, 6) is 0. The SMILES string of the molecule is FC(F)(F)c1cc(N(c2cc(C(F)(F)F)c(-c3ccc(-c4cccc5ccccc45)c4ccccc34)cc2C(F)(F)F)c2cc(C(F)(F)F)c(-c3ccc(-c4cccc5ccccc45)c4ccccc34)cc2C(F)(F)F)c(C(F)(F)F)cc1-c1ccc(-c2cccc3ccccc23)c2ccccc12. The van der Waals surface area contributed by atoms with Crippen LogP contribution < -0.4 is 4.90 Å². The van der Waals surface area contributed by atoms with Crippen molar-refractivity contribution >= 4 is 81.7 Å². The number of rotatable bonds is 9. The Morgan fingerprint density at radius 2 is 0.330 bits per heavy atom. The van der Waals surface area contributed by atoms with E-state index in [-0.39, 0.29) is 50.5 Å². The van der Waals surface area contributed by atoms with Gasteiger partial charge in [-0.2, -0.15) is 79.0 Å². The second kappa shape index (κ2) is 24.6. The molecule has 1 nitrogen and oxygen atoms in total. The summed E-state index contributed by atoms with van der Waals surface area (Å²) in [7, 11) is 0. The van der Waals surface area contributed by atoms with Gasteiger partial charge in [0, 0.05) is 0 Å². The summed E-state index contributed by atoms with van der Waals surface area (Å²) >= 11 is 0. The fourth-order valence-corrected chi connectivity index (χ4v) is 14.4. The fourth-order valence-electron chi connectivity index (χ4n) is 14.4. The van der Waals surface area contributed by atoms with Crippen LogP contribution in [0.2, 0.25) is 0 Å². The smallest absolute Gasteiger partial charge is 0.309 e. The molecule has 15 aromatic rings. The van der Waals surface area contributed by atoms with Crippen LogP contribution >= 0.6 is 0 Å². The molecule has 0 aliphatic rings. The molecule has 0 aliphatic heterocycles. The van der Waals surface area contributed by atoms with Gasteiger partial charge in [0.25, 0.3) is 0 Å². The van der Waals surface area contributed by atoms with Crippen LogP contribution in [0.3, 0.4) is 0 Å². The van der Waals surface area contributed by atoms with E-state index in [2.05, 4.69) is 0 Å². The molecule has 0 saturated heterocycles. The van der Waals surface area contributed by atoms with Crippen LogP contribution in [0.4, 0.5) is 96.1 Å². The Kier molecular flexibility index (Phi) is 16.1. The third-order valence-electron chi connectivity index (χ3n) is 18.8. The molecular formula is C84H45F18N. The second-order valence-electron chi connectivity index (χ2n) is 24.8. The highest BCUT2D eigenvalue weighted by atomic mass is 19.4. The van der Waals surface area contributed by atoms with Gasteiger partial charge in [0.15, 0.2) is 0 Å². The summed E-state index contributed by atoms with van der Waals surface area (Å²) in [5, 5.41) is 3.94. The van der Waals surface area contributed by atoms with Gasteiger partial charge in [0.05, 0.1) is 50.4 Å². The number of hydrogen-bond acceptors (Lipinski definition) is 1. The molecule has 0 aliphatic carbocycles. The van der Waals surface area contributed by atoms with Crippen molar-refractivity contribution in [1.82, 2.24) is 0 Å². The largest absolute Gasteiger partial charge is 0.418 e. The van der Waals surface area contributed by atoms with Crippen molar-refractivity contribution in [3.63, 3.8) is 0 Å². The van der Waals surface area contributed by atoms with E-state index >= 15 is 79.0 Å². The predicted octanol–water partition coefficient (Wildman–Crippen LogP) is 28.2. The Morgan fingerprint density at radius 1 is 0.155 bits per heavy atom. The van der Waals surface area contributed by atoms with Gasteiger partial charge in [0.2, 0.25) is 0 Å². The molecule has 103 heavy (non-hydrogen) atoms. The van der Waals surface area contributed by atoms with E-state index in [9.17, 15) is 0 Å². The van der Waals surface area contributed by atoms with Crippen molar-refractivity contribution in [2.24, 2.45) is 0 Å². The molecule has 0 bridgehead atoms. The maximum Gasteiger partial charge on any atom is 0.418 e. The highest BCUT2D eigenvalue weighted by Gasteiger charge is 2.49. The van der Waals surface area contributed by atoms with Crippen LogP contribution in [0.15, 0.2) is 273 Å². The first-order valence-electron chi connectivity index (χ1n) is 31.7. The van der Waals surface area contributed by atoms with E-state index in [0.29, 0.717) is 65.7 Å². The molecule has 15 rings (SSSR count). The van der Waals surface area contributed by atoms with E-state index in [4.69, 9.17) is 0 Å². The van der Waals surface area contributed by atoms with Gasteiger partial charge in [-0.05, 0) is 168 Å². The molecule has 0 fully saturated rings. The molecule has 0 aromatic heterocycles. The lowest BCUT2D eigenvalue weighted by Gasteiger charge is -2.35. The lowest BCUT2D eigenvalue weighted by molar-refractivity contribution is -0.141. The van der Waals surface area contributed by atoms with E-state index in [1.165, 1.54) is 91.0 Å². The molecule has 0 saturated carbocycles. The Hall–Kier alpha value is -11.6. The van der Waals surface area contributed by atoms with Crippen LogP contribution in [-0.2, 0) is 37.1 Å². The zero-order valence-electron chi connectivity index (χ0n) is 52.7. The zero-order valence-corrected chi connectivity index (χ0v) is 52.7. The average molecular weight is 1410 g/mol. The van der Waals surface area contributed by atoms with Crippen molar-refractivity contribution in [1.29, 1.82) is 0 Å². The standard InChI is InChI=1S/C84H45F18N/c85-79(86,87)70-43-76(73(82(94,95)96)40-67(70)64-37-34-61(55-25-7-10-28-58(55)64)52-31-13-19-46-16-1-4-22-49(46)52)103(77-44-71(80(88,89)90)68(41-74(77)83(97,98)99)65-38-35-62(56-26-8-11-29-59(56)65)53-32-14-20-47-17-2-5-23-50(47)53)78-45-72(81(91,92)93)69(42-75(78)84(100,101)102)66-39-36-63(57-27-9-12-30-60(57)66)54-33-15-21-48-18-3-6-24-51(48)54/h1-45H. The van der Waals surface area contributed by atoms with Crippen LogP contribution in [0.25, 0.3) is 131 Å². The summed E-state index contributed by atoms with van der Waals surface area (Å²) in [5.41, 5.74) is -24.8. The minimum Gasteiger partial charge on any atom is -0.309 e. The molecule has 0 heterocycles. The van der Waals surface area contributed by atoms with Crippen molar-refractivity contribution in [2.45, 2.75) is 37.1 Å². The van der Waals surface area contributed by atoms with Gasteiger partial charge in [-0.3, -0.25) is 0 Å². The summed E-state index contributed by atoms with van der Waals surface area (Å²) in [6.45, 7) is 0. The second-order valence-corrected chi connectivity index (χ2v) is 24.8. The van der Waals surface area contributed by atoms with Crippen molar-refractivity contribution in [3.05, 3.63) is 306 Å². The summed E-state index contributed by atoms with van der Waals surface area (Å²) in [4.78, 5) is -0.864. The maximum atomic E-state index is 16.8. The lowest BCUT2D eigenvalue weighted by atomic mass is 9.86. The molecule has 0 unspecified atom stereocenters. The fraction of sp³-hybridized carbons (Fsp3) is 0.0714. The van der Waals surface area contributed by atoms with Gasteiger partial charge >= 0.3 is 37.1 Å². The maximum absolute atomic E-state index is 16.8. The van der Waals surface area contributed by atoms with Crippen LogP contribution in [0, 0.1) is 0 Å². The first-order valence-corrected chi connectivity index (χ1v) is 31.7. The first kappa shape index (κ1) is 67.2. The Labute approximate surface area is 573 Å². The minimum atomic E-state index is -6.23. The van der Waals surface area contributed by atoms with E-state index in [0.717, 1.165) is 18.2 Å². The molecule has 15 aromatic carbocycles. The number of anilines is 3. The highest BCUT2D eigenvalue weighted by Crippen LogP contribution is 2.58. The van der Waals surface area contributed by atoms with Crippen LogP contribution in [-0.4, -0.2) is 0 Å². The number of fused-ring (bicyclic) bond motifs is 6. The highest BCUT2D eigenvalue weighted by molar-refractivity contribution is 6.13. The van der Waals surface area contributed by atoms with Crippen LogP contribution in [0.5, 0.6) is 0 Å². The topological polar surface area (TPSA) is 3.24 Å². The molecule has 0 amide bonds. The Morgan fingerprint density at radius 3 is 0.544 bits per heavy atom. The van der Waals surface area contributed by atoms with E-state index < -0.39 is 144 Å².